The average Bonchev–Trinajstić information content (AvgIpc) is 2.87. The van der Waals surface area contributed by atoms with E-state index >= 15 is 0 Å². The van der Waals surface area contributed by atoms with Crippen LogP contribution < -0.4 is 5.32 Å². The molecular weight excluding hydrogens is 234 g/mol. The van der Waals surface area contributed by atoms with Crippen molar-refractivity contribution < 1.29 is 4.74 Å². The van der Waals surface area contributed by atoms with Crippen LogP contribution in [0.4, 0.5) is 0 Å². The van der Waals surface area contributed by atoms with Gasteiger partial charge in [-0.25, -0.2) is 0 Å². The zero-order valence-electron chi connectivity index (χ0n) is 11.7. The van der Waals surface area contributed by atoms with E-state index in [1.54, 1.807) is 11.1 Å². The van der Waals surface area contributed by atoms with Gasteiger partial charge in [-0.2, -0.15) is 0 Å². The normalized spacial score (nSPS) is 23.4. The van der Waals surface area contributed by atoms with Crippen LogP contribution in [0.3, 0.4) is 0 Å². The van der Waals surface area contributed by atoms with Crippen LogP contribution in [0.15, 0.2) is 23.8 Å². The van der Waals surface area contributed by atoms with Gasteiger partial charge in [0.1, 0.15) is 0 Å². The summed E-state index contributed by atoms with van der Waals surface area (Å²) in [6, 6.07) is 7.43. The van der Waals surface area contributed by atoms with Crippen LogP contribution in [0.5, 0.6) is 0 Å². The maximum atomic E-state index is 5.50. The highest BCUT2D eigenvalue weighted by Crippen LogP contribution is 2.24. The Balaban J connectivity index is 1.66. The van der Waals surface area contributed by atoms with Crippen molar-refractivity contribution in [3.05, 3.63) is 40.5 Å². The second-order valence-corrected chi connectivity index (χ2v) is 5.80. The maximum Gasteiger partial charge on any atom is 0.0623 e. The first kappa shape index (κ1) is 12.9. The molecule has 1 heterocycles. The Bertz CT molecular complexity index is 472. The molecule has 1 aromatic carbocycles. The standard InChI is InChI=1S/C17H23NO/c1-13(10-17-12-19-8-7-18-17)9-14-5-6-15-3-2-4-16(15)11-14/h5-6,9,11,17-18H,2-4,7-8,10,12H2,1H3/b13-9-. The fourth-order valence-electron chi connectivity index (χ4n) is 3.16. The highest BCUT2D eigenvalue weighted by Gasteiger charge is 2.13. The van der Waals surface area contributed by atoms with Gasteiger partial charge < -0.3 is 10.1 Å². The van der Waals surface area contributed by atoms with E-state index < -0.39 is 0 Å². The van der Waals surface area contributed by atoms with Gasteiger partial charge in [0.15, 0.2) is 0 Å². The summed E-state index contributed by atoms with van der Waals surface area (Å²) in [5.41, 5.74) is 5.90. The Kier molecular flexibility index (Phi) is 4.00. The lowest BCUT2D eigenvalue weighted by Gasteiger charge is -2.24. The molecule has 19 heavy (non-hydrogen) atoms. The molecule has 2 nitrogen and oxygen atoms in total. The van der Waals surface area contributed by atoms with E-state index in [1.165, 1.54) is 30.4 Å². The SMILES string of the molecule is C/C(=C/c1ccc2c(c1)CCC2)CC1COCCN1. The second kappa shape index (κ2) is 5.89. The average molecular weight is 257 g/mol. The third kappa shape index (κ3) is 3.26. The van der Waals surface area contributed by atoms with E-state index in [9.17, 15) is 0 Å². The van der Waals surface area contributed by atoms with Crippen LogP contribution in [0.1, 0.15) is 36.5 Å². The third-order valence-electron chi connectivity index (χ3n) is 4.10. The summed E-state index contributed by atoms with van der Waals surface area (Å²) in [4.78, 5) is 0. The fourth-order valence-corrected chi connectivity index (χ4v) is 3.16. The summed E-state index contributed by atoms with van der Waals surface area (Å²) in [5.74, 6) is 0. The van der Waals surface area contributed by atoms with E-state index in [-0.39, 0.29) is 0 Å². The molecule has 1 aliphatic carbocycles. The molecule has 1 N–H and O–H groups in total. The topological polar surface area (TPSA) is 21.3 Å². The molecule has 0 spiro atoms. The smallest absolute Gasteiger partial charge is 0.0623 e. The molecule has 2 aliphatic rings. The van der Waals surface area contributed by atoms with Crippen LogP contribution in [0.2, 0.25) is 0 Å². The highest BCUT2D eigenvalue weighted by atomic mass is 16.5. The summed E-state index contributed by atoms with van der Waals surface area (Å²) in [6.45, 7) is 4.90. The minimum Gasteiger partial charge on any atom is -0.379 e. The van der Waals surface area contributed by atoms with Crippen molar-refractivity contribution in [2.24, 2.45) is 0 Å². The molecule has 102 valence electrons. The largest absolute Gasteiger partial charge is 0.379 e. The molecule has 0 amide bonds. The van der Waals surface area contributed by atoms with Crippen molar-refractivity contribution in [3.8, 4) is 0 Å². The monoisotopic (exact) mass is 257 g/mol. The van der Waals surface area contributed by atoms with Crippen LogP contribution in [-0.4, -0.2) is 25.8 Å². The molecule has 0 radical (unpaired) electrons. The number of fused-ring (bicyclic) bond motifs is 1. The van der Waals surface area contributed by atoms with E-state index in [1.807, 2.05) is 0 Å². The molecule has 1 atom stereocenters. The Morgan fingerprint density at radius 3 is 3.11 bits per heavy atom. The maximum absolute atomic E-state index is 5.50. The number of rotatable bonds is 3. The van der Waals surface area contributed by atoms with Gasteiger partial charge in [-0.15, -0.1) is 0 Å². The number of hydrogen-bond donors (Lipinski definition) is 1. The predicted octanol–water partition coefficient (Wildman–Crippen LogP) is 2.96. The van der Waals surface area contributed by atoms with Gasteiger partial charge in [-0.1, -0.05) is 29.8 Å². The number of benzene rings is 1. The molecule has 1 unspecified atom stereocenters. The lowest BCUT2D eigenvalue weighted by Crippen LogP contribution is -2.41. The van der Waals surface area contributed by atoms with E-state index in [0.717, 1.165) is 26.2 Å². The van der Waals surface area contributed by atoms with Gasteiger partial charge in [0.2, 0.25) is 0 Å². The van der Waals surface area contributed by atoms with E-state index in [2.05, 4.69) is 36.5 Å². The molecular formula is C17H23NO. The Hall–Kier alpha value is -1.12. The molecule has 2 heteroatoms. The summed E-state index contributed by atoms with van der Waals surface area (Å²) >= 11 is 0. The van der Waals surface area contributed by atoms with Gasteiger partial charge in [0, 0.05) is 12.6 Å². The molecule has 3 rings (SSSR count). The van der Waals surface area contributed by atoms with Crippen LogP contribution >= 0.6 is 0 Å². The predicted molar refractivity (Wildman–Crippen MR) is 79.3 cm³/mol. The highest BCUT2D eigenvalue weighted by molar-refractivity contribution is 5.55. The molecule has 0 aromatic heterocycles. The van der Waals surface area contributed by atoms with Crippen molar-refractivity contribution in [1.82, 2.24) is 5.32 Å². The van der Waals surface area contributed by atoms with Crippen molar-refractivity contribution in [1.29, 1.82) is 0 Å². The van der Waals surface area contributed by atoms with Gasteiger partial charge in [0.05, 0.1) is 13.2 Å². The van der Waals surface area contributed by atoms with Gasteiger partial charge in [0.25, 0.3) is 0 Å². The zero-order valence-corrected chi connectivity index (χ0v) is 11.7. The van der Waals surface area contributed by atoms with Crippen molar-refractivity contribution in [2.75, 3.05) is 19.8 Å². The van der Waals surface area contributed by atoms with Crippen molar-refractivity contribution >= 4 is 6.08 Å². The Morgan fingerprint density at radius 1 is 1.37 bits per heavy atom. The molecule has 0 saturated carbocycles. The number of nitrogens with one attached hydrogen (secondary N) is 1. The van der Waals surface area contributed by atoms with Crippen molar-refractivity contribution in [2.45, 2.75) is 38.6 Å². The molecule has 1 saturated heterocycles. The first-order chi connectivity index (χ1) is 9.31. The first-order valence-corrected chi connectivity index (χ1v) is 7.41. The summed E-state index contributed by atoms with van der Waals surface area (Å²) in [7, 11) is 0. The summed E-state index contributed by atoms with van der Waals surface area (Å²) in [6.07, 6.45) is 7.26. The quantitative estimate of drug-likeness (QED) is 0.899. The van der Waals surface area contributed by atoms with Crippen LogP contribution in [0.25, 0.3) is 6.08 Å². The Labute approximate surface area is 115 Å². The molecule has 0 bridgehead atoms. The molecule has 1 fully saturated rings. The number of morpholine rings is 1. The summed E-state index contributed by atoms with van der Waals surface area (Å²) < 4.78 is 5.50. The second-order valence-electron chi connectivity index (χ2n) is 5.80. The van der Waals surface area contributed by atoms with E-state index in [0.29, 0.717) is 6.04 Å². The lowest BCUT2D eigenvalue weighted by molar-refractivity contribution is 0.0771. The fraction of sp³-hybridized carbons (Fsp3) is 0.529. The number of ether oxygens (including phenoxy) is 1. The van der Waals surface area contributed by atoms with Gasteiger partial charge in [-0.3, -0.25) is 0 Å². The number of aryl methyl sites for hydroxylation is 2. The number of hydrogen-bond acceptors (Lipinski definition) is 2. The van der Waals surface area contributed by atoms with Gasteiger partial charge >= 0.3 is 0 Å². The van der Waals surface area contributed by atoms with Crippen LogP contribution in [-0.2, 0) is 17.6 Å². The minimum absolute atomic E-state index is 0.486. The third-order valence-corrected chi connectivity index (χ3v) is 4.10. The van der Waals surface area contributed by atoms with E-state index in [4.69, 9.17) is 4.74 Å². The van der Waals surface area contributed by atoms with Gasteiger partial charge in [-0.05, 0) is 49.3 Å². The molecule has 1 aliphatic heterocycles. The first-order valence-electron chi connectivity index (χ1n) is 7.41. The van der Waals surface area contributed by atoms with Crippen LogP contribution in [0, 0.1) is 0 Å². The summed E-state index contributed by atoms with van der Waals surface area (Å²) in [5, 5.41) is 3.51. The zero-order chi connectivity index (χ0) is 13.1. The Morgan fingerprint density at radius 2 is 2.26 bits per heavy atom. The van der Waals surface area contributed by atoms with Crippen molar-refractivity contribution in [3.63, 3.8) is 0 Å². The minimum atomic E-state index is 0.486. The molecule has 1 aromatic rings. The lowest BCUT2D eigenvalue weighted by atomic mass is 10.0.